The molecule has 0 bridgehead atoms. The zero-order valence-corrected chi connectivity index (χ0v) is 21.4. The summed E-state index contributed by atoms with van der Waals surface area (Å²) in [5, 5.41) is 8.91. The second-order valence-corrected chi connectivity index (χ2v) is 9.26. The number of benzene rings is 2. The molecule has 0 aromatic heterocycles. The Morgan fingerprint density at radius 3 is 2.65 bits per heavy atom. The zero-order chi connectivity index (χ0) is 24.4. The van der Waals surface area contributed by atoms with Crippen LogP contribution >= 0.6 is 15.9 Å². The van der Waals surface area contributed by atoms with E-state index in [9.17, 15) is 4.79 Å². The van der Waals surface area contributed by atoms with Crippen LogP contribution in [0.1, 0.15) is 50.7 Å². The van der Waals surface area contributed by atoms with Gasteiger partial charge in [-0.3, -0.25) is 10.2 Å². The van der Waals surface area contributed by atoms with Gasteiger partial charge >= 0.3 is 0 Å². The highest BCUT2D eigenvalue weighted by atomic mass is 79.9. The lowest BCUT2D eigenvalue weighted by Gasteiger charge is -2.28. The van der Waals surface area contributed by atoms with Gasteiger partial charge in [-0.25, -0.2) is 10.4 Å². The van der Waals surface area contributed by atoms with E-state index in [4.69, 9.17) is 19.6 Å². The first-order valence-corrected chi connectivity index (χ1v) is 12.7. The molecule has 0 aliphatic carbocycles. The number of nitrogens with zero attached hydrogens (tertiary/aromatic N) is 1. The largest absolute Gasteiger partial charge is 0.494 e. The van der Waals surface area contributed by atoms with E-state index in [2.05, 4.69) is 33.7 Å². The average molecular weight is 532 g/mol. The molecular weight excluding hydrogens is 498 g/mol. The number of rotatable bonds is 13. The maximum Gasteiger partial charge on any atom is 0.266 e. The Hall–Kier alpha value is -2.42. The standard InChI is InChI=1S/C26H34BrN3O4/c1-3-4-7-15-28-30-25(32)26(18-21-9-5-6-10-23(21)27)19(2)34-24(29-26)20-11-13-22(14-12-20)33-17-8-16-31/h5-6,9-14,19,28,31H,3-4,7-8,15-18H2,1-2H3,(H,30,32)/t19-,26-/m0/s1. The van der Waals surface area contributed by atoms with Crippen molar-refractivity contribution >= 4 is 27.7 Å². The van der Waals surface area contributed by atoms with Gasteiger partial charge in [-0.05, 0) is 49.2 Å². The van der Waals surface area contributed by atoms with Crippen LogP contribution in [0, 0.1) is 0 Å². The number of aliphatic hydroxyl groups excluding tert-OH is 1. The van der Waals surface area contributed by atoms with E-state index < -0.39 is 11.6 Å². The fourth-order valence-corrected chi connectivity index (χ4v) is 4.21. The molecule has 3 N–H and O–H groups in total. The smallest absolute Gasteiger partial charge is 0.266 e. The van der Waals surface area contributed by atoms with Gasteiger partial charge in [-0.15, -0.1) is 0 Å². The van der Waals surface area contributed by atoms with Crippen molar-refractivity contribution in [2.45, 2.75) is 57.6 Å². The summed E-state index contributed by atoms with van der Waals surface area (Å²) in [6.07, 6.45) is 3.71. The van der Waals surface area contributed by atoms with Crippen LogP contribution in [0.15, 0.2) is 58.0 Å². The van der Waals surface area contributed by atoms with Crippen LogP contribution in [0.5, 0.6) is 5.75 Å². The lowest BCUT2D eigenvalue weighted by Crippen LogP contribution is -2.56. The molecular formula is C26H34BrN3O4. The van der Waals surface area contributed by atoms with Gasteiger partial charge in [0.05, 0.1) is 6.61 Å². The summed E-state index contributed by atoms with van der Waals surface area (Å²) in [4.78, 5) is 18.4. The highest BCUT2D eigenvalue weighted by Crippen LogP contribution is 2.34. The van der Waals surface area contributed by atoms with Gasteiger partial charge in [-0.2, -0.15) is 0 Å². The van der Waals surface area contributed by atoms with Crippen molar-refractivity contribution in [3.8, 4) is 5.75 Å². The van der Waals surface area contributed by atoms with E-state index in [0.29, 0.717) is 37.6 Å². The number of amides is 1. The van der Waals surface area contributed by atoms with Crippen LogP contribution in [0.25, 0.3) is 0 Å². The molecule has 1 aliphatic rings. The molecule has 0 radical (unpaired) electrons. The highest BCUT2D eigenvalue weighted by molar-refractivity contribution is 9.10. The van der Waals surface area contributed by atoms with Gasteiger partial charge in [0.1, 0.15) is 11.9 Å². The van der Waals surface area contributed by atoms with Gasteiger partial charge in [-0.1, -0.05) is 53.9 Å². The molecule has 184 valence electrons. The SMILES string of the molecule is CCCCCNNC(=O)[C@@]1(Cc2ccccc2Br)N=C(c2ccc(OCCCO)cc2)O[C@H]1C. The van der Waals surface area contributed by atoms with Crippen molar-refractivity contribution in [3.63, 3.8) is 0 Å². The molecule has 1 heterocycles. The molecule has 2 aromatic rings. The summed E-state index contributed by atoms with van der Waals surface area (Å²) in [7, 11) is 0. The third-order valence-electron chi connectivity index (χ3n) is 5.85. The van der Waals surface area contributed by atoms with Crippen LogP contribution < -0.4 is 15.6 Å². The van der Waals surface area contributed by atoms with Crippen molar-refractivity contribution in [2.75, 3.05) is 19.8 Å². The normalized spacial score (nSPS) is 19.4. The Kier molecular flexibility index (Phi) is 9.92. The molecule has 7 nitrogen and oxygen atoms in total. The highest BCUT2D eigenvalue weighted by Gasteiger charge is 2.50. The molecule has 2 aromatic carbocycles. The third-order valence-corrected chi connectivity index (χ3v) is 6.63. The average Bonchev–Trinajstić information content (AvgIpc) is 3.18. The number of aliphatic imine (C=N–C) groups is 1. The predicted molar refractivity (Wildman–Crippen MR) is 137 cm³/mol. The van der Waals surface area contributed by atoms with Crippen LogP contribution in [0.2, 0.25) is 0 Å². The molecule has 0 saturated carbocycles. The summed E-state index contributed by atoms with van der Waals surface area (Å²) in [5.74, 6) is 0.922. The zero-order valence-electron chi connectivity index (χ0n) is 19.9. The Bertz CT molecular complexity index is 967. The van der Waals surface area contributed by atoms with Crippen molar-refractivity contribution < 1.29 is 19.4 Å². The molecule has 0 unspecified atom stereocenters. The van der Waals surface area contributed by atoms with Crippen LogP contribution in [-0.2, 0) is 16.0 Å². The number of nitrogens with one attached hydrogen (secondary N) is 2. The Morgan fingerprint density at radius 2 is 1.94 bits per heavy atom. The topological polar surface area (TPSA) is 92.2 Å². The molecule has 8 heteroatoms. The second kappa shape index (κ2) is 12.9. The van der Waals surface area contributed by atoms with Gasteiger partial charge in [0.15, 0.2) is 5.54 Å². The quantitative estimate of drug-likeness (QED) is 0.266. The molecule has 2 atom stereocenters. The fourth-order valence-electron chi connectivity index (χ4n) is 3.79. The third kappa shape index (κ3) is 6.58. The van der Waals surface area contributed by atoms with Crippen LogP contribution in [0.3, 0.4) is 0 Å². The van der Waals surface area contributed by atoms with E-state index in [-0.39, 0.29) is 12.5 Å². The molecule has 34 heavy (non-hydrogen) atoms. The fraction of sp³-hybridized carbons (Fsp3) is 0.462. The second-order valence-electron chi connectivity index (χ2n) is 8.41. The van der Waals surface area contributed by atoms with E-state index in [1.165, 1.54) is 0 Å². The molecule has 0 spiro atoms. The molecule has 1 amide bonds. The minimum atomic E-state index is -1.12. The number of ether oxygens (including phenoxy) is 2. The summed E-state index contributed by atoms with van der Waals surface area (Å²) >= 11 is 3.61. The molecule has 1 aliphatic heterocycles. The molecule has 3 rings (SSSR count). The van der Waals surface area contributed by atoms with E-state index in [0.717, 1.165) is 34.9 Å². The Morgan fingerprint density at radius 1 is 1.18 bits per heavy atom. The van der Waals surface area contributed by atoms with Crippen molar-refractivity contribution in [3.05, 3.63) is 64.1 Å². The number of carbonyl (C=O) groups is 1. The summed E-state index contributed by atoms with van der Waals surface area (Å²) in [6, 6.07) is 15.3. The first-order chi connectivity index (χ1) is 16.5. The minimum Gasteiger partial charge on any atom is -0.494 e. The summed E-state index contributed by atoms with van der Waals surface area (Å²) < 4.78 is 12.7. The number of unbranched alkanes of at least 4 members (excludes halogenated alkanes) is 2. The number of halogens is 1. The molecule has 0 fully saturated rings. The van der Waals surface area contributed by atoms with E-state index >= 15 is 0 Å². The van der Waals surface area contributed by atoms with Crippen molar-refractivity contribution in [2.24, 2.45) is 4.99 Å². The van der Waals surface area contributed by atoms with Crippen LogP contribution in [0.4, 0.5) is 0 Å². The van der Waals surface area contributed by atoms with Gasteiger partial charge in [0.2, 0.25) is 5.90 Å². The number of aliphatic hydroxyl groups is 1. The summed E-state index contributed by atoms with van der Waals surface area (Å²) in [6.45, 7) is 5.28. The van der Waals surface area contributed by atoms with E-state index in [1.54, 1.807) is 0 Å². The number of hydrogen-bond acceptors (Lipinski definition) is 6. The van der Waals surface area contributed by atoms with Crippen LogP contribution in [-0.4, -0.2) is 48.3 Å². The maximum atomic E-state index is 13.5. The predicted octanol–water partition coefficient (Wildman–Crippen LogP) is 4.17. The van der Waals surface area contributed by atoms with Gasteiger partial charge in [0, 0.05) is 36.0 Å². The number of carbonyl (C=O) groups excluding carboxylic acids is 1. The van der Waals surface area contributed by atoms with Gasteiger partial charge in [0.25, 0.3) is 5.91 Å². The minimum absolute atomic E-state index is 0.0930. The van der Waals surface area contributed by atoms with Gasteiger partial charge < -0.3 is 14.6 Å². The van der Waals surface area contributed by atoms with E-state index in [1.807, 2.05) is 55.5 Å². The van der Waals surface area contributed by atoms with Crippen molar-refractivity contribution in [1.29, 1.82) is 0 Å². The summed E-state index contributed by atoms with van der Waals surface area (Å²) in [5.41, 5.74) is 6.57. The lowest BCUT2D eigenvalue weighted by molar-refractivity contribution is -0.129. The molecule has 0 saturated heterocycles. The Labute approximate surface area is 210 Å². The van der Waals surface area contributed by atoms with Crippen molar-refractivity contribution in [1.82, 2.24) is 10.9 Å². The maximum absolute atomic E-state index is 13.5. The monoisotopic (exact) mass is 531 g/mol. The Balaban J connectivity index is 1.83. The number of hydrogen-bond donors (Lipinski definition) is 3. The number of hydrazine groups is 1. The first-order valence-electron chi connectivity index (χ1n) is 11.9. The first kappa shape index (κ1) is 26.2. The lowest BCUT2D eigenvalue weighted by atomic mass is 9.86.